The Morgan fingerprint density at radius 1 is 0.675 bits per heavy atom. The van der Waals surface area contributed by atoms with Crippen LogP contribution in [0.5, 0.6) is 0 Å². The molecular weight excluding hydrogens is 510 g/mol. The number of carbonyl (C=O) groups excluding carboxylic acids is 3. The first-order valence-corrected chi connectivity index (χ1v) is 15.9. The molecule has 0 aliphatic heterocycles. The highest BCUT2D eigenvalue weighted by Gasteiger charge is 2.18. The van der Waals surface area contributed by atoms with Crippen molar-refractivity contribution in [1.82, 2.24) is 10.6 Å². The normalized spacial score (nSPS) is 12.0. The molecule has 0 saturated carbocycles. The third kappa shape index (κ3) is 27.5. The summed E-state index contributed by atoms with van der Waals surface area (Å²) in [7, 11) is 7.62. The number of esters is 1. The van der Waals surface area contributed by atoms with E-state index in [9.17, 15) is 14.4 Å². The van der Waals surface area contributed by atoms with Crippen LogP contribution in [0.25, 0.3) is 0 Å². The van der Waals surface area contributed by atoms with E-state index in [1.165, 1.54) is 90.5 Å². The van der Waals surface area contributed by atoms with Gasteiger partial charge in [0.15, 0.2) is 6.10 Å². The monoisotopic (exact) mass is 572 g/mol. The molecule has 9 nitrogen and oxygen atoms in total. The van der Waals surface area contributed by atoms with Crippen molar-refractivity contribution in [2.24, 2.45) is 0 Å². The second-order valence-corrected chi connectivity index (χ2v) is 11.9. The number of alkyl carbamates (subject to hydrolysis) is 2. The van der Waals surface area contributed by atoms with Gasteiger partial charge in [0, 0.05) is 13.5 Å². The highest BCUT2D eigenvalue weighted by atomic mass is 16.6. The number of nitrogens with zero attached hydrogens (tertiary/aromatic N) is 1. The van der Waals surface area contributed by atoms with Gasteiger partial charge < -0.3 is 29.3 Å². The SMILES string of the molecule is CCCCCCCCCCCCCCCCCCOC(=O)NC[C@@H](COC(=O)CCC[N+](C)(C)C)OC(=O)NC. The van der Waals surface area contributed by atoms with Gasteiger partial charge in [-0.2, -0.15) is 0 Å². The molecule has 2 N–H and O–H groups in total. The molecule has 0 aliphatic rings. The second-order valence-electron chi connectivity index (χ2n) is 11.9. The van der Waals surface area contributed by atoms with Crippen molar-refractivity contribution in [2.45, 2.75) is 129 Å². The minimum Gasteiger partial charge on any atom is -0.462 e. The molecule has 0 rings (SSSR count). The quantitative estimate of drug-likeness (QED) is 0.0516. The second kappa shape index (κ2) is 25.9. The number of amides is 2. The molecule has 9 heteroatoms. The summed E-state index contributed by atoms with van der Waals surface area (Å²) in [5.41, 5.74) is 0. The lowest BCUT2D eigenvalue weighted by atomic mass is 10.0. The van der Waals surface area contributed by atoms with Crippen LogP contribution in [-0.2, 0) is 19.0 Å². The van der Waals surface area contributed by atoms with Gasteiger partial charge in [-0.25, -0.2) is 9.59 Å². The van der Waals surface area contributed by atoms with Crippen LogP contribution in [-0.4, -0.2) is 83.2 Å². The van der Waals surface area contributed by atoms with Crippen LogP contribution in [0, 0.1) is 0 Å². The lowest BCUT2D eigenvalue weighted by Gasteiger charge is -2.23. The fraction of sp³-hybridized carbons (Fsp3) is 0.903. The van der Waals surface area contributed by atoms with E-state index in [1.807, 2.05) is 0 Å². The Balaban J connectivity index is 3.79. The first kappa shape index (κ1) is 38.0. The lowest BCUT2D eigenvalue weighted by Crippen LogP contribution is -2.40. The molecule has 0 aromatic carbocycles. The van der Waals surface area contributed by atoms with Crippen molar-refractivity contribution in [1.29, 1.82) is 0 Å². The van der Waals surface area contributed by atoms with Crippen LogP contribution < -0.4 is 10.6 Å². The van der Waals surface area contributed by atoms with Crippen LogP contribution in [0.15, 0.2) is 0 Å². The molecule has 0 radical (unpaired) electrons. The smallest absolute Gasteiger partial charge is 0.407 e. The molecule has 0 aromatic heterocycles. The first-order chi connectivity index (χ1) is 19.2. The molecule has 0 spiro atoms. The first-order valence-electron chi connectivity index (χ1n) is 15.9. The Bertz CT molecular complexity index is 639. The summed E-state index contributed by atoms with van der Waals surface area (Å²) in [6, 6.07) is 0. The fourth-order valence-electron chi connectivity index (χ4n) is 4.36. The van der Waals surface area contributed by atoms with E-state index in [0.29, 0.717) is 13.0 Å². The van der Waals surface area contributed by atoms with Crippen molar-refractivity contribution >= 4 is 18.2 Å². The van der Waals surface area contributed by atoms with Crippen LogP contribution in [0.2, 0.25) is 0 Å². The van der Waals surface area contributed by atoms with Crippen LogP contribution in [0.1, 0.15) is 122 Å². The van der Waals surface area contributed by atoms with E-state index in [4.69, 9.17) is 14.2 Å². The van der Waals surface area contributed by atoms with Crippen molar-refractivity contribution in [3.05, 3.63) is 0 Å². The molecule has 0 aromatic rings. The molecule has 0 fully saturated rings. The number of nitrogens with one attached hydrogen (secondary N) is 2. The number of ether oxygens (including phenoxy) is 3. The highest BCUT2D eigenvalue weighted by molar-refractivity contribution is 5.70. The molecule has 0 saturated heterocycles. The van der Waals surface area contributed by atoms with Gasteiger partial charge in [0.25, 0.3) is 0 Å². The van der Waals surface area contributed by atoms with Crippen molar-refractivity contribution in [3.63, 3.8) is 0 Å². The van der Waals surface area contributed by atoms with Crippen LogP contribution in [0.3, 0.4) is 0 Å². The average molecular weight is 573 g/mol. The largest absolute Gasteiger partial charge is 0.462 e. The molecule has 0 aliphatic carbocycles. The topological polar surface area (TPSA) is 103 Å². The zero-order valence-electron chi connectivity index (χ0n) is 26.5. The number of rotatable bonds is 26. The summed E-state index contributed by atoms with van der Waals surface area (Å²) in [6.07, 6.45) is 19.7. The van der Waals surface area contributed by atoms with Gasteiger partial charge in [-0.1, -0.05) is 103 Å². The highest BCUT2D eigenvalue weighted by Crippen LogP contribution is 2.13. The lowest BCUT2D eigenvalue weighted by molar-refractivity contribution is -0.870. The predicted octanol–water partition coefficient (Wildman–Crippen LogP) is 6.73. The van der Waals surface area contributed by atoms with Crippen molar-refractivity contribution < 1.29 is 33.1 Å². The van der Waals surface area contributed by atoms with E-state index < -0.39 is 18.3 Å². The predicted molar refractivity (Wildman–Crippen MR) is 161 cm³/mol. The maximum absolute atomic E-state index is 12.0. The number of carbonyl (C=O) groups is 3. The average Bonchev–Trinajstić information content (AvgIpc) is 2.91. The zero-order chi connectivity index (χ0) is 29.9. The maximum Gasteiger partial charge on any atom is 0.407 e. The Labute approximate surface area is 245 Å². The van der Waals surface area contributed by atoms with Gasteiger partial charge in [0.2, 0.25) is 0 Å². The van der Waals surface area contributed by atoms with Crippen LogP contribution in [0.4, 0.5) is 9.59 Å². The van der Waals surface area contributed by atoms with Gasteiger partial charge >= 0.3 is 18.2 Å². The Morgan fingerprint density at radius 3 is 1.65 bits per heavy atom. The summed E-state index contributed by atoms with van der Waals surface area (Å²) < 4.78 is 16.5. The molecule has 0 unspecified atom stereocenters. The molecule has 0 bridgehead atoms. The van der Waals surface area contributed by atoms with E-state index in [2.05, 4.69) is 38.7 Å². The van der Waals surface area contributed by atoms with Crippen LogP contribution >= 0.6 is 0 Å². The summed E-state index contributed by atoms with van der Waals surface area (Å²) in [6.45, 7) is 3.34. The molecule has 0 heterocycles. The summed E-state index contributed by atoms with van der Waals surface area (Å²) in [4.78, 5) is 35.7. The molecule has 40 heavy (non-hydrogen) atoms. The van der Waals surface area contributed by atoms with E-state index in [1.54, 1.807) is 0 Å². The van der Waals surface area contributed by atoms with Gasteiger partial charge in [0.1, 0.15) is 6.61 Å². The Hall–Kier alpha value is -2.03. The number of hydrogen-bond donors (Lipinski definition) is 2. The fourth-order valence-corrected chi connectivity index (χ4v) is 4.36. The number of quaternary nitrogens is 1. The minimum atomic E-state index is -0.801. The van der Waals surface area contributed by atoms with Crippen molar-refractivity contribution in [2.75, 3.05) is 54.5 Å². The molecular formula is C31H62N3O6+. The summed E-state index contributed by atoms with van der Waals surface area (Å²) >= 11 is 0. The third-order valence-corrected chi connectivity index (χ3v) is 6.82. The van der Waals surface area contributed by atoms with Gasteiger partial charge in [-0.05, 0) is 6.42 Å². The zero-order valence-corrected chi connectivity index (χ0v) is 26.5. The summed E-state index contributed by atoms with van der Waals surface area (Å²) in [5, 5.41) is 4.95. The molecule has 236 valence electrons. The Morgan fingerprint density at radius 2 is 1.18 bits per heavy atom. The molecule has 2 amide bonds. The summed E-state index contributed by atoms with van der Waals surface area (Å²) in [5.74, 6) is -0.356. The number of unbranched alkanes of at least 4 members (excludes halogenated alkanes) is 15. The van der Waals surface area contributed by atoms with Gasteiger partial charge in [-0.15, -0.1) is 0 Å². The standard InChI is InChI=1S/C31H61N3O6/c1-6-7-8-9-10-11-12-13-14-15-16-17-18-19-20-21-25-38-31(37)33-26-28(40-30(36)32-2)27-39-29(35)23-22-24-34(3,4)5/h28H,6-27H2,1-5H3,(H-,32,33,36,37)/p+1/t28-/m0/s1. The van der Waals surface area contributed by atoms with E-state index in [0.717, 1.165) is 30.3 Å². The molecule has 1 atom stereocenters. The van der Waals surface area contributed by atoms with Gasteiger partial charge in [-0.3, -0.25) is 4.79 Å². The maximum atomic E-state index is 12.0. The van der Waals surface area contributed by atoms with Crippen molar-refractivity contribution in [3.8, 4) is 0 Å². The third-order valence-electron chi connectivity index (χ3n) is 6.82. The van der Waals surface area contributed by atoms with E-state index in [-0.39, 0.29) is 25.5 Å². The number of hydrogen-bond acceptors (Lipinski definition) is 6. The Kier molecular flexibility index (Phi) is 24.6. The van der Waals surface area contributed by atoms with Gasteiger partial charge in [0.05, 0.1) is 47.3 Å². The van der Waals surface area contributed by atoms with E-state index >= 15 is 0 Å². The minimum absolute atomic E-state index is 0.00261.